The Morgan fingerprint density at radius 3 is 2.59 bits per heavy atom. The number of nitrogen functional groups attached to an aromatic ring is 1. The van der Waals surface area contributed by atoms with Crippen LogP contribution in [0.15, 0.2) is 6.20 Å². The molecule has 3 amide bonds. The van der Waals surface area contributed by atoms with E-state index in [-0.39, 0.29) is 23.7 Å². The van der Waals surface area contributed by atoms with Crippen molar-refractivity contribution in [1.29, 1.82) is 0 Å². The van der Waals surface area contributed by atoms with E-state index in [1.807, 2.05) is 18.7 Å². The lowest BCUT2D eigenvalue weighted by molar-refractivity contribution is -0.134. The van der Waals surface area contributed by atoms with Gasteiger partial charge in [0.15, 0.2) is 11.6 Å². The maximum Gasteiger partial charge on any atom is 0.327 e. The van der Waals surface area contributed by atoms with Crippen LogP contribution in [0.5, 0.6) is 0 Å². The SMILES string of the molecule is COCCCN1C(=O)N(CC(C)C)C2(CCN(c3ncc(F)c(N)n3)CC2)C1=O. The summed E-state index contributed by atoms with van der Waals surface area (Å²) in [5.74, 6) is -0.427. The van der Waals surface area contributed by atoms with Gasteiger partial charge in [-0.05, 0) is 25.2 Å². The molecule has 0 atom stereocenters. The number of amides is 3. The fourth-order valence-electron chi connectivity index (χ4n) is 4.05. The van der Waals surface area contributed by atoms with Crippen molar-refractivity contribution < 1.29 is 18.7 Å². The predicted molar refractivity (Wildman–Crippen MR) is 106 cm³/mol. The summed E-state index contributed by atoms with van der Waals surface area (Å²) in [7, 11) is 1.60. The molecule has 9 nitrogen and oxygen atoms in total. The maximum absolute atomic E-state index is 13.4. The number of nitrogens with two attached hydrogens (primary N) is 1. The van der Waals surface area contributed by atoms with Crippen LogP contribution < -0.4 is 10.6 Å². The number of anilines is 2. The largest absolute Gasteiger partial charge is 0.385 e. The Hall–Kier alpha value is -2.49. The standard InChI is InChI=1S/C19H29FN6O3/c1-13(2)12-26-18(28)25(7-4-10-29-3)16(27)19(26)5-8-24(9-6-19)17-22-11-14(20)15(21)23-17/h11,13H,4-10,12H2,1-3H3,(H2,21,22,23). The fraction of sp³-hybridized carbons (Fsp3) is 0.684. The van der Waals surface area contributed by atoms with E-state index in [4.69, 9.17) is 10.5 Å². The van der Waals surface area contributed by atoms with Crippen molar-refractivity contribution in [1.82, 2.24) is 19.8 Å². The molecule has 2 aliphatic rings. The number of hydrogen-bond donors (Lipinski definition) is 1. The highest BCUT2D eigenvalue weighted by Gasteiger charge is 2.57. The Bertz CT molecular complexity index is 766. The summed E-state index contributed by atoms with van der Waals surface area (Å²) in [6.45, 7) is 6.38. The Labute approximate surface area is 170 Å². The first-order valence-electron chi connectivity index (χ1n) is 9.95. The number of carbonyl (C=O) groups excluding carboxylic acids is 2. The molecule has 29 heavy (non-hydrogen) atoms. The number of methoxy groups -OCH3 is 1. The molecule has 0 unspecified atom stereocenters. The first-order chi connectivity index (χ1) is 13.8. The minimum atomic E-state index is -0.851. The highest BCUT2D eigenvalue weighted by atomic mass is 19.1. The average molecular weight is 408 g/mol. The number of halogens is 1. The van der Waals surface area contributed by atoms with Gasteiger partial charge in [-0.2, -0.15) is 4.98 Å². The van der Waals surface area contributed by atoms with Crippen molar-refractivity contribution in [2.24, 2.45) is 5.92 Å². The number of hydrogen-bond acceptors (Lipinski definition) is 7. The molecule has 1 aromatic heterocycles. The zero-order valence-corrected chi connectivity index (χ0v) is 17.2. The van der Waals surface area contributed by atoms with Gasteiger partial charge in [-0.15, -0.1) is 0 Å². The van der Waals surface area contributed by atoms with E-state index < -0.39 is 11.4 Å². The number of aromatic nitrogens is 2. The van der Waals surface area contributed by atoms with E-state index in [2.05, 4.69) is 9.97 Å². The molecule has 2 aliphatic heterocycles. The molecule has 3 heterocycles. The van der Waals surface area contributed by atoms with Gasteiger partial charge in [-0.25, -0.2) is 14.2 Å². The third-order valence-electron chi connectivity index (χ3n) is 5.53. The summed E-state index contributed by atoms with van der Waals surface area (Å²) in [5.41, 5.74) is 4.71. The van der Waals surface area contributed by atoms with E-state index in [0.29, 0.717) is 58.0 Å². The molecule has 160 valence electrons. The first-order valence-corrected chi connectivity index (χ1v) is 9.95. The molecule has 1 aromatic rings. The van der Waals surface area contributed by atoms with Crippen LogP contribution in [0.25, 0.3) is 0 Å². The lowest BCUT2D eigenvalue weighted by atomic mass is 9.85. The Kier molecular flexibility index (Phi) is 6.21. The van der Waals surface area contributed by atoms with Crippen molar-refractivity contribution in [3.63, 3.8) is 0 Å². The fourth-order valence-corrected chi connectivity index (χ4v) is 4.05. The van der Waals surface area contributed by atoms with Crippen molar-refractivity contribution in [3.05, 3.63) is 12.0 Å². The van der Waals surface area contributed by atoms with Crippen molar-refractivity contribution in [2.75, 3.05) is 50.5 Å². The van der Waals surface area contributed by atoms with Crippen LogP contribution >= 0.6 is 0 Å². The van der Waals surface area contributed by atoms with Gasteiger partial charge in [0, 0.05) is 39.9 Å². The lowest BCUT2D eigenvalue weighted by Gasteiger charge is -2.42. The second-order valence-corrected chi connectivity index (χ2v) is 8.01. The topological polar surface area (TPSA) is 105 Å². The Morgan fingerprint density at radius 2 is 2.00 bits per heavy atom. The molecular formula is C19H29FN6O3. The minimum Gasteiger partial charge on any atom is -0.385 e. The Morgan fingerprint density at radius 1 is 1.31 bits per heavy atom. The summed E-state index contributed by atoms with van der Waals surface area (Å²) in [6, 6.07) is -0.226. The van der Waals surface area contributed by atoms with Crippen LogP contribution in [0.2, 0.25) is 0 Å². The third-order valence-corrected chi connectivity index (χ3v) is 5.53. The van der Waals surface area contributed by atoms with Gasteiger partial charge in [0.1, 0.15) is 5.54 Å². The van der Waals surface area contributed by atoms with Crippen molar-refractivity contribution in [2.45, 2.75) is 38.6 Å². The molecule has 0 bridgehead atoms. The number of rotatable bonds is 7. The molecule has 2 fully saturated rings. The van der Waals surface area contributed by atoms with Gasteiger partial charge in [0.2, 0.25) is 5.95 Å². The van der Waals surface area contributed by atoms with Gasteiger partial charge in [0.25, 0.3) is 5.91 Å². The van der Waals surface area contributed by atoms with Gasteiger partial charge < -0.3 is 20.3 Å². The first kappa shape index (κ1) is 21.2. The lowest BCUT2D eigenvalue weighted by Crippen LogP contribution is -2.57. The van der Waals surface area contributed by atoms with Gasteiger partial charge in [-0.1, -0.05) is 13.8 Å². The van der Waals surface area contributed by atoms with Crippen molar-refractivity contribution in [3.8, 4) is 0 Å². The minimum absolute atomic E-state index is 0.140. The molecule has 2 N–H and O–H groups in total. The van der Waals surface area contributed by atoms with Crippen LogP contribution in [0.3, 0.4) is 0 Å². The van der Waals surface area contributed by atoms with Crippen LogP contribution in [0, 0.1) is 11.7 Å². The number of carbonyl (C=O) groups is 2. The highest BCUT2D eigenvalue weighted by molar-refractivity contribution is 6.07. The zero-order chi connectivity index (χ0) is 21.2. The maximum atomic E-state index is 13.4. The number of ether oxygens (including phenoxy) is 1. The number of piperidine rings is 1. The molecule has 2 saturated heterocycles. The van der Waals surface area contributed by atoms with Crippen LogP contribution in [0.4, 0.5) is 21.0 Å². The second kappa shape index (κ2) is 8.48. The number of nitrogens with zero attached hydrogens (tertiary/aromatic N) is 5. The van der Waals surface area contributed by atoms with E-state index in [1.54, 1.807) is 12.0 Å². The third kappa shape index (κ3) is 3.98. The summed E-state index contributed by atoms with van der Waals surface area (Å²) in [4.78, 5) is 39.4. The van der Waals surface area contributed by atoms with Crippen molar-refractivity contribution >= 4 is 23.7 Å². The molecule has 0 radical (unpaired) electrons. The quantitative estimate of drug-likeness (QED) is 0.538. The number of urea groups is 1. The monoisotopic (exact) mass is 408 g/mol. The van der Waals surface area contributed by atoms with E-state index in [9.17, 15) is 14.0 Å². The average Bonchev–Trinajstić information content (AvgIpc) is 2.87. The predicted octanol–water partition coefficient (Wildman–Crippen LogP) is 1.49. The van der Waals surface area contributed by atoms with E-state index in [1.165, 1.54) is 4.90 Å². The van der Waals surface area contributed by atoms with Crippen LogP contribution in [-0.2, 0) is 9.53 Å². The molecular weight excluding hydrogens is 379 g/mol. The Balaban J connectivity index is 1.79. The smallest absolute Gasteiger partial charge is 0.327 e. The normalized spacial score (nSPS) is 19.1. The van der Waals surface area contributed by atoms with Crippen LogP contribution in [0.1, 0.15) is 33.1 Å². The van der Waals surface area contributed by atoms with Gasteiger partial charge in [0.05, 0.1) is 6.20 Å². The summed E-state index contributed by atoms with van der Waals surface area (Å²) >= 11 is 0. The molecule has 1 spiro atoms. The van der Waals surface area contributed by atoms with E-state index >= 15 is 0 Å². The van der Waals surface area contributed by atoms with Gasteiger partial charge in [-0.3, -0.25) is 9.69 Å². The van der Waals surface area contributed by atoms with Gasteiger partial charge >= 0.3 is 6.03 Å². The molecule has 0 aromatic carbocycles. The molecule has 10 heteroatoms. The highest BCUT2D eigenvalue weighted by Crippen LogP contribution is 2.38. The van der Waals surface area contributed by atoms with E-state index in [0.717, 1.165) is 6.20 Å². The zero-order valence-electron chi connectivity index (χ0n) is 17.2. The second-order valence-electron chi connectivity index (χ2n) is 8.01. The summed E-state index contributed by atoms with van der Waals surface area (Å²) in [5, 5.41) is 0. The van der Waals surface area contributed by atoms with Crippen LogP contribution in [-0.4, -0.2) is 77.1 Å². The molecule has 3 rings (SSSR count). The number of imide groups is 1. The summed E-state index contributed by atoms with van der Waals surface area (Å²) < 4.78 is 18.4. The molecule has 0 aliphatic carbocycles. The summed E-state index contributed by atoms with van der Waals surface area (Å²) in [6.07, 6.45) is 2.58. The molecule has 0 saturated carbocycles.